The van der Waals surface area contributed by atoms with E-state index in [1.165, 1.54) is 18.6 Å². The zero-order valence-electron chi connectivity index (χ0n) is 19.5. The Hall–Kier alpha value is -1.44. The van der Waals surface area contributed by atoms with Crippen molar-refractivity contribution in [2.45, 2.75) is 56.9 Å². The summed E-state index contributed by atoms with van der Waals surface area (Å²) in [5, 5.41) is 6.91. The average molecular weight is 449 g/mol. The first-order valence-electron chi connectivity index (χ1n) is 11.7. The lowest BCUT2D eigenvalue weighted by molar-refractivity contribution is 0.0392. The molecule has 0 saturated carbocycles. The third-order valence-electron chi connectivity index (χ3n) is 6.12. The van der Waals surface area contributed by atoms with Crippen molar-refractivity contribution in [3.05, 3.63) is 29.8 Å². The summed E-state index contributed by atoms with van der Waals surface area (Å²) >= 11 is 2.07. The molecule has 6 nitrogen and oxygen atoms in total. The fourth-order valence-electron chi connectivity index (χ4n) is 4.11. The summed E-state index contributed by atoms with van der Waals surface area (Å²) in [5.41, 5.74) is 1.16. The summed E-state index contributed by atoms with van der Waals surface area (Å²) < 4.78 is 11.8. The van der Waals surface area contributed by atoms with Crippen LogP contribution in [0.15, 0.2) is 29.3 Å². The maximum absolute atomic E-state index is 6.04. The number of hydrogen-bond donors (Lipinski definition) is 2. The summed E-state index contributed by atoms with van der Waals surface area (Å²) in [6.45, 7) is 10.3. The highest BCUT2D eigenvalue weighted by Crippen LogP contribution is 2.36. The van der Waals surface area contributed by atoms with Gasteiger partial charge in [0.25, 0.3) is 0 Å². The lowest BCUT2D eigenvalue weighted by atomic mass is 10.1. The van der Waals surface area contributed by atoms with Crippen molar-refractivity contribution in [3.63, 3.8) is 0 Å². The van der Waals surface area contributed by atoms with Gasteiger partial charge in [-0.05, 0) is 70.0 Å². The maximum atomic E-state index is 6.04. The number of likely N-dealkylation sites (N-methyl/N-ethyl adjacent to an activating group) is 1. The number of guanidine groups is 1. The quantitative estimate of drug-likeness (QED) is 0.422. The second-order valence-electron chi connectivity index (χ2n) is 8.77. The minimum atomic E-state index is 0.321. The molecule has 7 heteroatoms. The van der Waals surface area contributed by atoms with Crippen molar-refractivity contribution in [2.75, 3.05) is 52.3 Å². The van der Waals surface area contributed by atoms with Crippen LogP contribution >= 0.6 is 11.8 Å². The number of thioether (sulfide) groups is 1. The molecular formula is C24H40N4O2S. The largest absolute Gasteiger partial charge is 0.492 e. The fraction of sp³-hybridized carbons (Fsp3) is 0.708. The first-order valence-corrected chi connectivity index (χ1v) is 12.7. The second-order valence-corrected chi connectivity index (χ2v) is 10.5. The highest BCUT2D eigenvalue weighted by Gasteiger charge is 2.29. The van der Waals surface area contributed by atoms with E-state index in [9.17, 15) is 0 Å². The molecule has 2 fully saturated rings. The first-order chi connectivity index (χ1) is 15.1. The van der Waals surface area contributed by atoms with Crippen LogP contribution in [0.3, 0.4) is 0 Å². The predicted molar refractivity (Wildman–Crippen MR) is 131 cm³/mol. The van der Waals surface area contributed by atoms with E-state index >= 15 is 0 Å². The number of nitrogens with zero attached hydrogens (tertiary/aromatic N) is 2. The molecule has 0 amide bonds. The van der Waals surface area contributed by atoms with Crippen LogP contribution in [0.1, 0.15) is 45.1 Å². The SMILES string of the molecule is CCNC(=NCc1cccc(OCCN(C)C2CCOCC2)c1)NCC1(C)CCCS1. The summed E-state index contributed by atoms with van der Waals surface area (Å²) in [7, 11) is 2.18. The van der Waals surface area contributed by atoms with Crippen molar-refractivity contribution in [1.82, 2.24) is 15.5 Å². The van der Waals surface area contributed by atoms with Crippen molar-refractivity contribution in [2.24, 2.45) is 4.99 Å². The van der Waals surface area contributed by atoms with Gasteiger partial charge in [0.15, 0.2) is 5.96 Å². The summed E-state index contributed by atoms with van der Waals surface area (Å²) in [4.78, 5) is 7.19. The van der Waals surface area contributed by atoms with Crippen LogP contribution in [0.25, 0.3) is 0 Å². The molecule has 0 aliphatic carbocycles. The molecule has 2 heterocycles. The second kappa shape index (κ2) is 12.6. The fourth-order valence-corrected chi connectivity index (χ4v) is 5.35. The van der Waals surface area contributed by atoms with Gasteiger partial charge in [-0.3, -0.25) is 4.90 Å². The Balaban J connectivity index is 1.46. The van der Waals surface area contributed by atoms with E-state index in [4.69, 9.17) is 14.5 Å². The summed E-state index contributed by atoms with van der Waals surface area (Å²) in [6.07, 6.45) is 4.81. The van der Waals surface area contributed by atoms with Crippen LogP contribution in [0.5, 0.6) is 5.75 Å². The molecule has 0 aromatic heterocycles. The molecule has 1 aromatic rings. The molecule has 174 valence electrons. The van der Waals surface area contributed by atoms with E-state index in [2.05, 4.69) is 66.4 Å². The van der Waals surface area contributed by atoms with Crippen molar-refractivity contribution >= 4 is 17.7 Å². The molecule has 31 heavy (non-hydrogen) atoms. The number of benzene rings is 1. The zero-order chi connectivity index (χ0) is 21.9. The van der Waals surface area contributed by atoms with Gasteiger partial charge in [-0.2, -0.15) is 11.8 Å². The Labute approximate surface area is 192 Å². The molecular weight excluding hydrogens is 408 g/mol. The van der Waals surface area contributed by atoms with Gasteiger partial charge in [-0.1, -0.05) is 12.1 Å². The topological polar surface area (TPSA) is 58.1 Å². The Morgan fingerprint density at radius 2 is 2.16 bits per heavy atom. The molecule has 2 saturated heterocycles. The number of rotatable bonds is 10. The molecule has 1 unspecified atom stereocenters. The van der Waals surface area contributed by atoms with Crippen LogP contribution in [-0.2, 0) is 11.3 Å². The predicted octanol–water partition coefficient (Wildman–Crippen LogP) is 3.52. The van der Waals surface area contributed by atoms with Gasteiger partial charge < -0.3 is 20.1 Å². The number of nitrogens with one attached hydrogen (secondary N) is 2. The van der Waals surface area contributed by atoms with Gasteiger partial charge in [-0.15, -0.1) is 0 Å². The third-order valence-corrected chi connectivity index (χ3v) is 7.66. The lowest BCUT2D eigenvalue weighted by Crippen LogP contribution is -2.43. The number of hydrogen-bond acceptors (Lipinski definition) is 5. The smallest absolute Gasteiger partial charge is 0.191 e. The van der Waals surface area contributed by atoms with Gasteiger partial charge in [0, 0.05) is 43.6 Å². The first kappa shape index (κ1) is 24.2. The minimum absolute atomic E-state index is 0.321. The maximum Gasteiger partial charge on any atom is 0.191 e. The Morgan fingerprint density at radius 3 is 2.90 bits per heavy atom. The van der Waals surface area contributed by atoms with Crippen LogP contribution in [-0.4, -0.2) is 73.9 Å². The molecule has 3 rings (SSSR count). The van der Waals surface area contributed by atoms with E-state index in [0.717, 1.165) is 63.0 Å². The number of aliphatic imine (C=N–C) groups is 1. The zero-order valence-corrected chi connectivity index (χ0v) is 20.3. The van der Waals surface area contributed by atoms with E-state index in [1.54, 1.807) is 0 Å². The molecule has 2 aliphatic heterocycles. The minimum Gasteiger partial charge on any atom is -0.492 e. The van der Waals surface area contributed by atoms with E-state index in [0.29, 0.717) is 23.9 Å². The van der Waals surface area contributed by atoms with Crippen LogP contribution in [0.4, 0.5) is 0 Å². The number of ether oxygens (including phenoxy) is 2. The molecule has 1 atom stereocenters. The van der Waals surface area contributed by atoms with E-state index in [-0.39, 0.29) is 0 Å². The van der Waals surface area contributed by atoms with Crippen molar-refractivity contribution in [1.29, 1.82) is 0 Å². The molecule has 0 bridgehead atoms. The monoisotopic (exact) mass is 448 g/mol. The summed E-state index contributed by atoms with van der Waals surface area (Å²) in [6, 6.07) is 8.92. The van der Waals surface area contributed by atoms with Crippen LogP contribution in [0.2, 0.25) is 0 Å². The molecule has 1 aromatic carbocycles. The highest BCUT2D eigenvalue weighted by atomic mass is 32.2. The van der Waals surface area contributed by atoms with Crippen molar-refractivity contribution in [3.8, 4) is 5.75 Å². The van der Waals surface area contributed by atoms with Crippen LogP contribution in [0, 0.1) is 0 Å². The Bertz CT molecular complexity index is 688. The van der Waals surface area contributed by atoms with Gasteiger partial charge >= 0.3 is 0 Å². The van der Waals surface area contributed by atoms with Gasteiger partial charge in [0.1, 0.15) is 12.4 Å². The van der Waals surface area contributed by atoms with Gasteiger partial charge in [0.05, 0.1) is 6.54 Å². The summed E-state index contributed by atoms with van der Waals surface area (Å²) in [5.74, 6) is 3.07. The van der Waals surface area contributed by atoms with Gasteiger partial charge in [0.2, 0.25) is 0 Å². The third kappa shape index (κ3) is 8.20. The molecule has 2 N–H and O–H groups in total. The van der Waals surface area contributed by atoms with Crippen molar-refractivity contribution < 1.29 is 9.47 Å². The highest BCUT2D eigenvalue weighted by molar-refractivity contribution is 8.00. The lowest BCUT2D eigenvalue weighted by Gasteiger charge is -2.31. The molecule has 0 spiro atoms. The van der Waals surface area contributed by atoms with E-state index in [1.807, 2.05) is 6.07 Å². The van der Waals surface area contributed by atoms with E-state index < -0.39 is 0 Å². The normalized spacial score (nSPS) is 22.6. The average Bonchev–Trinajstić information content (AvgIpc) is 3.23. The Morgan fingerprint density at radius 1 is 1.32 bits per heavy atom. The van der Waals surface area contributed by atoms with Crippen LogP contribution < -0.4 is 15.4 Å². The standard InChI is InChI=1S/C24H40N4O2S/c1-4-25-23(27-19-24(2)11-6-16-31-24)26-18-20-7-5-8-22(17-20)30-15-12-28(3)21-9-13-29-14-10-21/h5,7-8,17,21H,4,6,9-16,18-19H2,1-3H3,(H2,25,26,27). The Kier molecular flexibility index (Phi) is 9.81. The molecule has 0 radical (unpaired) electrons. The molecule has 2 aliphatic rings. The van der Waals surface area contributed by atoms with Gasteiger partial charge in [-0.25, -0.2) is 4.99 Å².